The number of ether oxygens (including phenoxy) is 1. The fourth-order valence-electron chi connectivity index (χ4n) is 3.76. The summed E-state index contributed by atoms with van der Waals surface area (Å²) in [6.07, 6.45) is 8.35. The summed E-state index contributed by atoms with van der Waals surface area (Å²) in [6.45, 7) is 3.48. The summed E-state index contributed by atoms with van der Waals surface area (Å²) in [4.78, 5) is 23.2. The molecule has 6 nitrogen and oxygen atoms in total. The number of nitrogens with zero attached hydrogens (tertiary/aromatic N) is 3. The van der Waals surface area contributed by atoms with E-state index in [1.807, 2.05) is 54.7 Å². The number of hydrogen-bond donors (Lipinski definition) is 1. The molecule has 4 rings (SSSR count). The molecule has 0 aliphatic carbocycles. The zero-order valence-corrected chi connectivity index (χ0v) is 17.6. The zero-order chi connectivity index (χ0) is 21.3. The van der Waals surface area contributed by atoms with Crippen LogP contribution in [0.4, 0.5) is 0 Å². The molecule has 0 unspecified atom stereocenters. The predicted octanol–water partition coefficient (Wildman–Crippen LogP) is 3.49. The zero-order valence-electron chi connectivity index (χ0n) is 17.6. The van der Waals surface area contributed by atoms with Gasteiger partial charge in [-0.1, -0.05) is 6.07 Å². The molecule has 0 bridgehead atoms. The molecule has 31 heavy (non-hydrogen) atoms. The largest absolute Gasteiger partial charge is 0.490 e. The SMILES string of the molecule is O=C(NCCc1ccncc1)c1ccc(OC2CCN(Cc3ccccn3)CC2)cc1. The van der Waals surface area contributed by atoms with E-state index in [0.717, 1.165) is 55.9 Å². The Hall–Kier alpha value is -3.25. The van der Waals surface area contributed by atoms with E-state index in [1.165, 1.54) is 0 Å². The third kappa shape index (κ3) is 6.36. The predicted molar refractivity (Wildman–Crippen MR) is 120 cm³/mol. The Morgan fingerprint density at radius 1 is 1.00 bits per heavy atom. The summed E-state index contributed by atoms with van der Waals surface area (Å²) < 4.78 is 6.15. The summed E-state index contributed by atoms with van der Waals surface area (Å²) in [5, 5.41) is 2.96. The lowest BCUT2D eigenvalue weighted by Gasteiger charge is -2.31. The standard InChI is InChI=1S/C25H28N4O2/c30-25(28-16-10-20-8-14-26-15-9-20)21-4-6-23(7-5-21)31-24-11-17-29(18-12-24)19-22-3-1-2-13-27-22/h1-9,13-15,24H,10-12,16-19H2,(H,28,30). The summed E-state index contributed by atoms with van der Waals surface area (Å²) in [5.74, 6) is 0.750. The van der Waals surface area contributed by atoms with Crippen LogP contribution in [-0.2, 0) is 13.0 Å². The first-order chi connectivity index (χ1) is 15.3. The highest BCUT2D eigenvalue weighted by molar-refractivity contribution is 5.94. The van der Waals surface area contributed by atoms with Gasteiger partial charge in [-0.25, -0.2) is 0 Å². The van der Waals surface area contributed by atoms with Gasteiger partial charge in [-0.05, 0) is 73.4 Å². The average molecular weight is 417 g/mol. The first-order valence-electron chi connectivity index (χ1n) is 10.8. The van der Waals surface area contributed by atoms with Gasteiger partial charge in [0.25, 0.3) is 5.91 Å². The molecule has 1 saturated heterocycles. The number of aromatic nitrogens is 2. The van der Waals surface area contributed by atoms with E-state index in [0.29, 0.717) is 12.1 Å². The highest BCUT2D eigenvalue weighted by Crippen LogP contribution is 2.20. The number of carbonyl (C=O) groups is 1. The lowest BCUT2D eigenvalue weighted by atomic mass is 10.1. The Morgan fingerprint density at radius 2 is 1.77 bits per heavy atom. The molecule has 2 aromatic heterocycles. The second-order valence-electron chi connectivity index (χ2n) is 7.80. The Labute approximate surface area is 183 Å². The maximum absolute atomic E-state index is 12.3. The van der Waals surface area contributed by atoms with E-state index in [2.05, 4.69) is 26.3 Å². The van der Waals surface area contributed by atoms with Gasteiger partial charge in [0.15, 0.2) is 0 Å². The fourth-order valence-corrected chi connectivity index (χ4v) is 3.76. The molecule has 0 spiro atoms. The lowest BCUT2D eigenvalue weighted by molar-refractivity contribution is 0.0949. The molecular weight excluding hydrogens is 388 g/mol. The summed E-state index contributed by atoms with van der Waals surface area (Å²) in [6, 6.07) is 17.4. The van der Waals surface area contributed by atoms with Crippen molar-refractivity contribution in [3.05, 3.63) is 90.0 Å². The van der Waals surface area contributed by atoms with Crippen LogP contribution in [0.1, 0.15) is 34.5 Å². The maximum atomic E-state index is 12.3. The van der Waals surface area contributed by atoms with Gasteiger partial charge in [-0.3, -0.25) is 19.7 Å². The highest BCUT2D eigenvalue weighted by atomic mass is 16.5. The number of benzene rings is 1. The molecule has 1 amide bonds. The van der Waals surface area contributed by atoms with Crippen molar-refractivity contribution in [1.29, 1.82) is 0 Å². The molecule has 0 saturated carbocycles. The van der Waals surface area contributed by atoms with Gasteiger partial charge >= 0.3 is 0 Å². The summed E-state index contributed by atoms with van der Waals surface area (Å²) >= 11 is 0. The second kappa shape index (κ2) is 10.7. The smallest absolute Gasteiger partial charge is 0.251 e. The van der Waals surface area contributed by atoms with Crippen LogP contribution in [0.15, 0.2) is 73.2 Å². The molecule has 1 fully saturated rings. The van der Waals surface area contributed by atoms with Crippen LogP contribution in [0.2, 0.25) is 0 Å². The van der Waals surface area contributed by atoms with Gasteiger partial charge in [0.05, 0.1) is 5.69 Å². The van der Waals surface area contributed by atoms with Crippen molar-refractivity contribution in [2.45, 2.75) is 31.9 Å². The molecule has 160 valence electrons. The highest BCUT2D eigenvalue weighted by Gasteiger charge is 2.21. The van der Waals surface area contributed by atoms with Crippen molar-refractivity contribution >= 4 is 5.91 Å². The van der Waals surface area contributed by atoms with E-state index in [1.54, 1.807) is 12.4 Å². The minimum atomic E-state index is -0.0663. The molecular formula is C25H28N4O2. The third-order valence-electron chi connectivity index (χ3n) is 5.51. The summed E-state index contributed by atoms with van der Waals surface area (Å²) in [7, 11) is 0. The van der Waals surface area contributed by atoms with E-state index >= 15 is 0 Å². The number of pyridine rings is 2. The van der Waals surface area contributed by atoms with Gasteiger partial charge in [0.2, 0.25) is 0 Å². The number of amides is 1. The van der Waals surface area contributed by atoms with E-state index in [9.17, 15) is 4.79 Å². The number of nitrogens with one attached hydrogen (secondary N) is 1. The van der Waals surface area contributed by atoms with Crippen LogP contribution in [0.3, 0.4) is 0 Å². The summed E-state index contributed by atoms with van der Waals surface area (Å²) in [5.41, 5.74) is 2.91. The van der Waals surface area contributed by atoms with Gasteiger partial charge in [0.1, 0.15) is 11.9 Å². The normalized spacial score (nSPS) is 14.8. The number of likely N-dealkylation sites (tertiary alicyclic amines) is 1. The Bertz CT molecular complexity index is 940. The molecule has 0 radical (unpaired) electrons. The van der Waals surface area contributed by atoms with Crippen molar-refractivity contribution in [2.24, 2.45) is 0 Å². The van der Waals surface area contributed by atoms with E-state index in [-0.39, 0.29) is 12.0 Å². The first kappa shape index (κ1) is 21.0. The van der Waals surface area contributed by atoms with Crippen LogP contribution < -0.4 is 10.1 Å². The first-order valence-corrected chi connectivity index (χ1v) is 10.8. The average Bonchev–Trinajstić information content (AvgIpc) is 2.82. The van der Waals surface area contributed by atoms with Crippen molar-refractivity contribution in [3.63, 3.8) is 0 Å². The number of piperidine rings is 1. The molecule has 6 heteroatoms. The molecule has 1 N–H and O–H groups in total. The van der Waals surface area contributed by atoms with Crippen molar-refractivity contribution < 1.29 is 9.53 Å². The van der Waals surface area contributed by atoms with Gasteiger partial charge in [-0.15, -0.1) is 0 Å². The van der Waals surface area contributed by atoms with E-state index in [4.69, 9.17) is 4.74 Å². The molecule has 3 heterocycles. The number of hydrogen-bond acceptors (Lipinski definition) is 5. The molecule has 0 atom stereocenters. The minimum absolute atomic E-state index is 0.0663. The molecule has 1 aromatic carbocycles. The van der Waals surface area contributed by atoms with Crippen LogP contribution >= 0.6 is 0 Å². The Morgan fingerprint density at radius 3 is 2.48 bits per heavy atom. The monoisotopic (exact) mass is 416 g/mol. The minimum Gasteiger partial charge on any atom is -0.490 e. The van der Waals surface area contributed by atoms with Gasteiger partial charge < -0.3 is 10.1 Å². The molecule has 1 aliphatic heterocycles. The quantitative estimate of drug-likeness (QED) is 0.609. The Kier molecular flexibility index (Phi) is 7.24. The van der Waals surface area contributed by atoms with Crippen LogP contribution in [0.25, 0.3) is 0 Å². The fraction of sp³-hybridized carbons (Fsp3) is 0.320. The second-order valence-corrected chi connectivity index (χ2v) is 7.80. The maximum Gasteiger partial charge on any atom is 0.251 e. The lowest BCUT2D eigenvalue weighted by Crippen LogP contribution is -2.37. The molecule has 3 aromatic rings. The van der Waals surface area contributed by atoms with Crippen LogP contribution in [-0.4, -0.2) is 46.5 Å². The Balaban J connectivity index is 1.19. The van der Waals surface area contributed by atoms with Crippen molar-refractivity contribution in [1.82, 2.24) is 20.2 Å². The number of carbonyl (C=O) groups excluding carboxylic acids is 1. The topological polar surface area (TPSA) is 67.3 Å². The van der Waals surface area contributed by atoms with Crippen LogP contribution in [0, 0.1) is 0 Å². The van der Waals surface area contributed by atoms with E-state index < -0.39 is 0 Å². The third-order valence-corrected chi connectivity index (χ3v) is 5.51. The number of rotatable bonds is 8. The van der Waals surface area contributed by atoms with Gasteiger partial charge in [0, 0.05) is 50.3 Å². The van der Waals surface area contributed by atoms with Crippen LogP contribution in [0.5, 0.6) is 5.75 Å². The van der Waals surface area contributed by atoms with Crippen molar-refractivity contribution in [3.8, 4) is 5.75 Å². The molecule has 1 aliphatic rings. The van der Waals surface area contributed by atoms with Crippen molar-refractivity contribution in [2.75, 3.05) is 19.6 Å². The van der Waals surface area contributed by atoms with Gasteiger partial charge in [-0.2, -0.15) is 0 Å².